The Labute approximate surface area is 190 Å². The van der Waals surface area contributed by atoms with Gasteiger partial charge in [-0.1, -0.05) is 30.3 Å². The van der Waals surface area contributed by atoms with E-state index in [1.807, 2.05) is 30.3 Å². The van der Waals surface area contributed by atoms with Crippen LogP contribution in [0.2, 0.25) is 0 Å². The summed E-state index contributed by atoms with van der Waals surface area (Å²) >= 11 is 0. The summed E-state index contributed by atoms with van der Waals surface area (Å²) in [6.07, 6.45) is 1.53. The summed E-state index contributed by atoms with van der Waals surface area (Å²) in [7, 11) is -2.24. The predicted molar refractivity (Wildman–Crippen MR) is 126 cm³/mol. The van der Waals surface area contributed by atoms with Crippen molar-refractivity contribution in [1.82, 2.24) is 9.78 Å². The number of nitrogens with zero attached hydrogens (tertiary/aromatic N) is 2. The topological polar surface area (TPSA) is 128 Å². The predicted octanol–water partition coefficient (Wildman–Crippen LogP) is 3.84. The number of primary sulfonamides is 1. The maximum absolute atomic E-state index is 12.6. The zero-order valence-electron chi connectivity index (χ0n) is 17.6. The van der Waals surface area contributed by atoms with Crippen molar-refractivity contribution >= 4 is 27.4 Å². The number of hydrogen-bond acceptors (Lipinski definition) is 5. The standard InChI is InChI=1S/C23H21N5O4S/c1-32-19-11-7-17(8-12-19)26-23(29)27-21-15-25-28(22(21)16-5-3-2-4-6-16)18-9-13-20(14-10-18)33(24,30)31/h2-15H,1H3,(H2,24,30,31)(H2,26,27,29). The Morgan fingerprint density at radius 2 is 1.61 bits per heavy atom. The molecular formula is C23H21N5O4S. The third-order valence-electron chi connectivity index (χ3n) is 4.82. The van der Waals surface area contributed by atoms with Crippen molar-refractivity contribution < 1.29 is 17.9 Å². The Hall–Kier alpha value is -4.15. The number of aromatic nitrogens is 2. The van der Waals surface area contributed by atoms with Crippen LogP contribution in [0.4, 0.5) is 16.2 Å². The van der Waals surface area contributed by atoms with Gasteiger partial charge >= 0.3 is 6.03 Å². The smallest absolute Gasteiger partial charge is 0.323 e. The van der Waals surface area contributed by atoms with E-state index in [0.717, 1.165) is 5.56 Å². The fraction of sp³-hybridized carbons (Fsp3) is 0.0435. The molecule has 1 heterocycles. The third kappa shape index (κ3) is 5.03. The van der Waals surface area contributed by atoms with Crippen molar-refractivity contribution in [3.8, 4) is 22.7 Å². The second-order valence-electron chi connectivity index (χ2n) is 7.03. The average molecular weight is 464 g/mol. The van der Waals surface area contributed by atoms with Crippen LogP contribution in [0.15, 0.2) is 90.0 Å². The van der Waals surface area contributed by atoms with Crippen LogP contribution in [-0.2, 0) is 10.0 Å². The minimum Gasteiger partial charge on any atom is -0.497 e. The summed E-state index contributed by atoms with van der Waals surface area (Å²) in [4.78, 5) is 12.6. The molecule has 0 aliphatic rings. The summed E-state index contributed by atoms with van der Waals surface area (Å²) in [6, 6.07) is 21.9. The first-order valence-electron chi connectivity index (χ1n) is 9.84. The first kappa shape index (κ1) is 22.1. The fourth-order valence-electron chi connectivity index (χ4n) is 3.25. The van der Waals surface area contributed by atoms with Gasteiger partial charge in [-0.2, -0.15) is 5.10 Å². The number of methoxy groups -OCH3 is 1. The summed E-state index contributed by atoms with van der Waals surface area (Å²) in [5, 5.41) is 15.2. The number of nitrogens with two attached hydrogens (primary N) is 1. The van der Waals surface area contributed by atoms with Gasteiger partial charge < -0.3 is 15.4 Å². The van der Waals surface area contributed by atoms with Gasteiger partial charge in [-0.15, -0.1) is 0 Å². The van der Waals surface area contributed by atoms with Crippen LogP contribution in [0.25, 0.3) is 16.9 Å². The second-order valence-corrected chi connectivity index (χ2v) is 8.59. The van der Waals surface area contributed by atoms with E-state index >= 15 is 0 Å². The monoisotopic (exact) mass is 463 g/mol. The number of anilines is 2. The highest BCUT2D eigenvalue weighted by atomic mass is 32.2. The lowest BCUT2D eigenvalue weighted by atomic mass is 10.1. The lowest BCUT2D eigenvalue weighted by Gasteiger charge is -2.12. The zero-order valence-corrected chi connectivity index (χ0v) is 18.4. The molecule has 0 fully saturated rings. The van der Waals surface area contributed by atoms with Gasteiger partial charge in [0, 0.05) is 11.3 Å². The van der Waals surface area contributed by atoms with Crippen LogP contribution in [0.3, 0.4) is 0 Å². The van der Waals surface area contributed by atoms with Gasteiger partial charge in [0.1, 0.15) is 5.75 Å². The van der Waals surface area contributed by atoms with Gasteiger partial charge in [0.25, 0.3) is 0 Å². The van der Waals surface area contributed by atoms with Crippen LogP contribution in [0.5, 0.6) is 5.75 Å². The van der Waals surface area contributed by atoms with Crippen molar-refractivity contribution in [2.45, 2.75) is 4.90 Å². The van der Waals surface area contributed by atoms with E-state index in [4.69, 9.17) is 9.88 Å². The molecule has 1 aromatic heterocycles. The van der Waals surface area contributed by atoms with Gasteiger partial charge in [-0.05, 0) is 48.5 Å². The minimum atomic E-state index is -3.81. The molecule has 0 unspecified atom stereocenters. The summed E-state index contributed by atoms with van der Waals surface area (Å²) in [5.74, 6) is 0.682. The molecule has 3 aromatic carbocycles. The van der Waals surface area contributed by atoms with Crippen LogP contribution in [0.1, 0.15) is 0 Å². The largest absolute Gasteiger partial charge is 0.497 e. The van der Waals surface area contributed by atoms with Gasteiger partial charge in [0.05, 0.1) is 35.3 Å². The molecule has 0 saturated heterocycles. The van der Waals surface area contributed by atoms with E-state index in [1.54, 1.807) is 48.2 Å². The lowest BCUT2D eigenvalue weighted by molar-refractivity contribution is 0.262. The second kappa shape index (κ2) is 9.15. The van der Waals surface area contributed by atoms with Crippen LogP contribution >= 0.6 is 0 Å². The number of urea groups is 1. The van der Waals surface area contributed by atoms with E-state index in [9.17, 15) is 13.2 Å². The highest BCUT2D eigenvalue weighted by molar-refractivity contribution is 7.89. The first-order valence-corrected chi connectivity index (χ1v) is 11.4. The van der Waals surface area contributed by atoms with E-state index in [2.05, 4.69) is 15.7 Å². The van der Waals surface area contributed by atoms with Gasteiger partial charge in [0.2, 0.25) is 10.0 Å². The van der Waals surface area contributed by atoms with Crippen LogP contribution in [0, 0.1) is 0 Å². The van der Waals surface area contributed by atoms with Crippen LogP contribution < -0.4 is 20.5 Å². The summed E-state index contributed by atoms with van der Waals surface area (Å²) in [5.41, 5.74) is 3.11. The molecule has 9 nitrogen and oxygen atoms in total. The van der Waals surface area contributed by atoms with Gasteiger partial charge in [-0.25, -0.2) is 23.0 Å². The maximum atomic E-state index is 12.6. The highest BCUT2D eigenvalue weighted by Gasteiger charge is 2.17. The molecule has 0 spiro atoms. The number of amides is 2. The number of benzene rings is 3. The number of rotatable bonds is 6. The molecular weight excluding hydrogens is 442 g/mol. The Kier molecular flexibility index (Phi) is 6.11. The number of ether oxygens (including phenoxy) is 1. The Bertz CT molecular complexity index is 1370. The molecule has 4 N–H and O–H groups in total. The molecule has 33 heavy (non-hydrogen) atoms. The molecule has 4 rings (SSSR count). The Morgan fingerprint density at radius 1 is 0.939 bits per heavy atom. The summed E-state index contributed by atoms with van der Waals surface area (Å²) in [6.45, 7) is 0. The maximum Gasteiger partial charge on any atom is 0.323 e. The molecule has 10 heteroatoms. The van der Waals surface area contributed by atoms with Crippen molar-refractivity contribution in [1.29, 1.82) is 0 Å². The zero-order chi connectivity index (χ0) is 23.4. The number of carbonyl (C=O) groups is 1. The van der Waals surface area contributed by atoms with Crippen molar-refractivity contribution in [3.05, 3.63) is 85.1 Å². The molecule has 168 valence electrons. The number of hydrogen-bond donors (Lipinski definition) is 3. The number of sulfonamides is 1. The van der Waals surface area contributed by atoms with E-state index in [0.29, 0.717) is 28.5 Å². The molecule has 0 aliphatic carbocycles. The van der Waals surface area contributed by atoms with Gasteiger partial charge in [-0.3, -0.25) is 0 Å². The Morgan fingerprint density at radius 3 is 2.21 bits per heavy atom. The molecule has 0 bridgehead atoms. The van der Waals surface area contributed by atoms with E-state index in [-0.39, 0.29) is 4.90 Å². The Balaban J connectivity index is 1.66. The lowest BCUT2D eigenvalue weighted by Crippen LogP contribution is -2.19. The highest BCUT2D eigenvalue weighted by Crippen LogP contribution is 2.31. The average Bonchev–Trinajstić information content (AvgIpc) is 3.23. The van der Waals surface area contributed by atoms with Crippen LogP contribution in [-0.4, -0.2) is 31.3 Å². The first-order chi connectivity index (χ1) is 15.8. The normalized spacial score (nSPS) is 11.1. The quantitative estimate of drug-likeness (QED) is 0.400. The van der Waals surface area contributed by atoms with Crippen molar-refractivity contribution in [2.24, 2.45) is 5.14 Å². The molecule has 2 amide bonds. The fourth-order valence-corrected chi connectivity index (χ4v) is 3.76. The SMILES string of the molecule is COc1ccc(NC(=O)Nc2cnn(-c3ccc(S(N)(=O)=O)cc3)c2-c2ccccc2)cc1. The molecule has 0 radical (unpaired) electrons. The van der Waals surface area contributed by atoms with Crippen molar-refractivity contribution in [2.75, 3.05) is 17.7 Å². The summed E-state index contributed by atoms with van der Waals surface area (Å²) < 4.78 is 29.9. The van der Waals surface area contributed by atoms with E-state index < -0.39 is 16.1 Å². The number of nitrogens with one attached hydrogen (secondary N) is 2. The molecule has 4 aromatic rings. The molecule has 0 atom stereocenters. The van der Waals surface area contributed by atoms with E-state index in [1.165, 1.54) is 18.3 Å². The number of carbonyl (C=O) groups excluding carboxylic acids is 1. The third-order valence-corrected chi connectivity index (χ3v) is 5.75. The minimum absolute atomic E-state index is 0.00288. The van der Waals surface area contributed by atoms with Crippen molar-refractivity contribution in [3.63, 3.8) is 0 Å². The van der Waals surface area contributed by atoms with Gasteiger partial charge in [0.15, 0.2) is 0 Å². The molecule has 0 aliphatic heterocycles. The molecule has 0 saturated carbocycles.